The lowest BCUT2D eigenvalue weighted by Gasteiger charge is -2.24. The number of rotatable bonds is 6. The van der Waals surface area contributed by atoms with Gasteiger partial charge in [0.05, 0.1) is 26.3 Å². The second-order valence-electron chi connectivity index (χ2n) is 10.3. The predicted octanol–water partition coefficient (Wildman–Crippen LogP) is 2.27. The van der Waals surface area contributed by atoms with E-state index in [9.17, 15) is 14.4 Å². The standard InChI is InChI=1S/C30H36N6O5/c1-3-36-25(11-13-32-36)30(39)34-14-5-15-41-27-16-22(8-9-26(27)40-2)23-18-35(19-24(23)33-28(37)20-34)29(38)10-7-21-6-4-12-31-17-21/h4,6,8-9,11-13,16-17,23-24H,3,5,7,10,14-15,18-20H2,1-2H3,(H,33,37)/t23-,24+/m1/s1. The number of nitrogens with zero attached hydrogens (tertiary/aromatic N) is 5. The van der Waals surface area contributed by atoms with E-state index in [1.807, 2.05) is 42.2 Å². The number of nitrogens with one attached hydrogen (secondary N) is 1. The smallest absolute Gasteiger partial charge is 0.272 e. The minimum absolute atomic E-state index is 0.0198. The van der Waals surface area contributed by atoms with E-state index in [0.29, 0.717) is 69.2 Å². The predicted molar refractivity (Wildman–Crippen MR) is 151 cm³/mol. The minimum Gasteiger partial charge on any atom is -0.493 e. The molecule has 2 aromatic heterocycles. The number of aromatic nitrogens is 3. The fraction of sp³-hybridized carbons (Fsp3) is 0.433. The summed E-state index contributed by atoms with van der Waals surface area (Å²) >= 11 is 0. The maximum absolute atomic E-state index is 13.4. The minimum atomic E-state index is -0.329. The van der Waals surface area contributed by atoms with Gasteiger partial charge in [-0.1, -0.05) is 12.1 Å². The molecule has 1 saturated heterocycles. The molecule has 1 N–H and O–H groups in total. The number of ether oxygens (including phenoxy) is 2. The monoisotopic (exact) mass is 560 g/mol. The van der Waals surface area contributed by atoms with Crippen LogP contribution in [0.1, 0.15) is 47.3 Å². The lowest BCUT2D eigenvalue weighted by Crippen LogP contribution is -2.47. The third kappa shape index (κ3) is 6.50. The number of aryl methyl sites for hydroxylation is 2. The van der Waals surface area contributed by atoms with E-state index in [4.69, 9.17) is 9.47 Å². The maximum atomic E-state index is 13.4. The zero-order valence-corrected chi connectivity index (χ0v) is 23.5. The van der Waals surface area contributed by atoms with Crippen LogP contribution in [-0.4, -0.2) is 88.2 Å². The molecule has 4 heterocycles. The molecular formula is C30H36N6O5. The largest absolute Gasteiger partial charge is 0.493 e. The van der Waals surface area contributed by atoms with Crippen molar-refractivity contribution in [3.63, 3.8) is 0 Å². The molecule has 3 aromatic rings. The number of hydrogen-bond donors (Lipinski definition) is 1. The van der Waals surface area contributed by atoms with Crippen LogP contribution in [-0.2, 0) is 22.6 Å². The first-order chi connectivity index (χ1) is 20.0. The van der Waals surface area contributed by atoms with Gasteiger partial charge in [-0.05, 0) is 55.2 Å². The lowest BCUT2D eigenvalue weighted by atomic mass is 9.94. The second-order valence-corrected chi connectivity index (χ2v) is 10.3. The number of likely N-dealkylation sites (tertiary alicyclic amines) is 1. The molecular weight excluding hydrogens is 524 g/mol. The first kappa shape index (κ1) is 28.1. The number of hydrogen-bond acceptors (Lipinski definition) is 7. The Morgan fingerprint density at radius 3 is 2.80 bits per heavy atom. The Balaban J connectivity index is 1.38. The molecule has 2 bridgehead atoms. The van der Waals surface area contributed by atoms with Gasteiger partial charge in [-0.15, -0.1) is 0 Å². The molecule has 1 aromatic carbocycles. The van der Waals surface area contributed by atoms with E-state index in [1.165, 1.54) is 4.90 Å². The molecule has 5 rings (SSSR count). The van der Waals surface area contributed by atoms with Crippen molar-refractivity contribution in [3.05, 3.63) is 71.8 Å². The summed E-state index contributed by atoms with van der Waals surface area (Å²) in [7, 11) is 1.59. The number of carbonyl (C=O) groups excluding carboxylic acids is 3. The molecule has 0 saturated carbocycles. The van der Waals surface area contributed by atoms with Crippen molar-refractivity contribution in [2.24, 2.45) is 0 Å². The average Bonchev–Trinajstić information content (AvgIpc) is 3.64. The van der Waals surface area contributed by atoms with Gasteiger partial charge in [0.2, 0.25) is 11.8 Å². The first-order valence-electron chi connectivity index (χ1n) is 14.0. The number of amides is 3. The van der Waals surface area contributed by atoms with E-state index in [-0.39, 0.29) is 36.2 Å². The third-order valence-corrected chi connectivity index (χ3v) is 7.67. The molecule has 2 atom stereocenters. The Kier molecular flexibility index (Phi) is 8.81. The summed E-state index contributed by atoms with van der Waals surface area (Å²) in [5.41, 5.74) is 2.39. The summed E-state index contributed by atoms with van der Waals surface area (Å²) in [5.74, 6) is 0.536. The quantitative estimate of drug-likeness (QED) is 0.491. The Morgan fingerprint density at radius 1 is 1.15 bits per heavy atom. The fourth-order valence-corrected chi connectivity index (χ4v) is 5.53. The molecule has 0 radical (unpaired) electrons. The van der Waals surface area contributed by atoms with Gasteiger partial charge in [0, 0.05) is 57.1 Å². The number of carbonyl (C=O) groups is 3. The normalized spacial score (nSPS) is 19.2. The Morgan fingerprint density at radius 2 is 2.02 bits per heavy atom. The molecule has 2 aliphatic heterocycles. The van der Waals surface area contributed by atoms with Gasteiger partial charge in [-0.2, -0.15) is 5.10 Å². The van der Waals surface area contributed by atoms with E-state index in [1.54, 1.807) is 36.4 Å². The summed E-state index contributed by atoms with van der Waals surface area (Å²) in [6, 6.07) is 10.9. The molecule has 11 nitrogen and oxygen atoms in total. The summed E-state index contributed by atoms with van der Waals surface area (Å²) in [6.45, 7) is 3.85. The molecule has 11 heteroatoms. The van der Waals surface area contributed by atoms with Gasteiger partial charge >= 0.3 is 0 Å². The Labute approximate surface area is 239 Å². The molecule has 0 unspecified atom stereocenters. The number of pyridine rings is 1. The van der Waals surface area contributed by atoms with Crippen LogP contribution >= 0.6 is 0 Å². The van der Waals surface area contributed by atoms with Crippen molar-refractivity contribution in [2.45, 2.75) is 44.7 Å². The van der Waals surface area contributed by atoms with Crippen LogP contribution in [0.25, 0.3) is 0 Å². The molecule has 3 amide bonds. The van der Waals surface area contributed by atoms with E-state index in [0.717, 1.165) is 11.1 Å². The summed E-state index contributed by atoms with van der Waals surface area (Å²) < 4.78 is 13.3. The molecule has 2 aliphatic rings. The lowest BCUT2D eigenvalue weighted by molar-refractivity contribution is -0.130. The molecule has 0 aliphatic carbocycles. The third-order valence-electron chi connectivity index (χ3n) is 7.67. The highest BCUT2D eigenvalue weighted by Crippen LogP contribution is 2.35. The van der Waals surface area contributed by atoms with Crippen LogP contribution in [0.15, 0.2) is 55.0 Å². The Hall–Kier alpha value is -4.41. The van der Waals surface area contributed by atoms with Crippen molar-refractivity contribution < 1.29 is 23.9 Å². The van der Waals surface area contributed by atoms with Crippen molar-refractivity contribution in [2.75, 3.05) is 39.9 Å². The maximum Gasteiger partial charge on any atom is 0.272 e. The van der Waals surface area contributed by atoms with Crippen LogP contribution in [0.5, 0.6) is 11.5 Å². The topological polar surface area (TPSA) is 119 Å². The zero-order valence-electron chi connectivity index (χ0n) is 23.5. The fourth-order valence-electron chi connectivity index (χ4n) is 5.53. The summed E-state index contributed by atoms with van der Waals surface area (Å²) in [6.07, 6.45) is 6.54. The highest BCUT2D eigenvalue weighted by Gasteiger charge is 2.38. The van der Waals surface area contributed by atoms with Gasteiger partial charge in [0.25, 0.3) is 5.91 Å². The Bertz CT molecular complexity index is 1380. The number of benzene rings is 1. The van der Waals surface area contributed by atoms with Crippen LogP contribution in [0.2, 0.25) is 0 Å². The van der Waals surface area contributed by atoms with Crippen LogP contribution < -0.4 is 14.8 Å². The van der Waals surface area contributed by atoms with E-state index >= 15 is 0 Å². The van der Waals surface area contributed by atoms with Gasteiger partial charge < -0.3 is 24.6 Å². The van der Waals surface area contributed by atoms with Gasteiger partial charge in [0.15, 0.2) is 11.5 Å². The van der Waals surface area contributed by atoms with Crippen LogP contribution in [0.4, 0.5) is 0 Å². The van der Waals surface area contributed by atoms with Crippen LogP contribution in [0.3, 0.4) is 0 Å². The van der Waals surface area contributed by atoms with Gasteiger partial charge in [-0.25, -0.2) is 0 Å². The number of fused-ring (bicyclic) bond motifs is 4. The van der Waals surface area contributed by atoms with Crippen LogP contribution in [0, 0.1) is 0 Å². The molecule has 216 valence electrons. The average molecular weight is 561 g/mol. The number of methoxy groups -OCH3 is 1. The molecule has 41 heavy (non-hydrogen) atoms. The summed E-state index contributed by atoms with van der Waals surface area (Å²) in [4.78, 5) is 47.6. The van der Waals surface area contributed by atoms with Gasteiger partial charge in [-0.3, -0.25) is 24.0 Å². The highest BCUT2D eigenvalue weighted by molar-refractivity contribution is 5.95. The first-order valence-corrected chi connectivity index (χ1v) is 14.0. The zero-order chi connectivity index (χ0) is 28.8. The van der Waals surface area contributed by atoms with Crippen molar-refractivity contribution >= 4 is 17.7 Å². The molecule has 0 spiro atoms. The molecule has 1 fully saturated rings. The van der Waals surface area contributed by atoms with E-state index < -0.39 is 0 Å². The second kappa shape index (κ2) is 12.8. The summed E-state index contributed by atoms with van der Waals surface area (Å²) in [5, 5.41) is 7.35. The SMILES string of the molecule is CCn1nccc1C(=O)N1CCCOc2cc(ccc2OC)[C@H]2CN(C(=O)CCc3cccnc3)C[C@@H]2NC(=O)C1. The van der Waals surface area contributed by atoms with Gasteiger partial charge in [0.1, 0.15) is 5.69 Å². The van der Waals surface area contributed by atoms with Crippen molar-refractivity contribution in [3.8, 4) is 11.5 Å². The van der Waals surface area contributed by atoms with Crippen molar-refractivity contribution in [1.29, 1.82) is 0 Å². The van der Waals surface area contributed by atoms with Crippen molar-refractivity contribution in [1.82, 2.24) is 29.9 Å². The van der Waals surface area contributed by atoms with E-state index in [2.05, 4.69) is 15.4 Å². The highest BCUT2D eigenvalue weighted by atomic mass is 16.5.